The summed E-state index contributed by atoms with van der Waals surface area (Å²) in [6.45, 7) is 1.97. The van der Waals surface area contributed by atoms with E-state index in [-0.39, 0.29) is 11.7 Å². The van der Waals surface area contributed by atoms with Gasteiger partial charge >= 0.3 is 0 Å². The molecule has 21 heavy (non-hydrogen) atoms. The molecule has 1 N–H and O–H groups in total. The van der Waals surface area contributed by atoms with E-state index >= 15 is 0 Å². The maximum atomic E-state index is 12.0. The van der Waals surface area contributed by atoms with Crippen LogP contribution >= 0.6 is 43.6 Å². The van der Waals surface area contributed by atoms with Crippen LogP contribution in [0.2, 0.25) is 0 Å². The highest BCUT2D eigenvalue weighted by Gasteiger charge is 2.12. The van der Waals surface area contributed by atoms with Crippen molar-refractivity contribution in [2.75, 3.05) is 11.1 Å². The minimum Gasteiger partial charge on any atom is -0.618 e. The molecule has 1 amide bonds. The Bertz CT molecular complexity index is 657. The van der Waals surface area contributed by atoms with Gasteiger partial charge in [-0.3, -0.25) is 4.79 Å². The Morgan fingerprint density at radius 1 is 1.33 bits per heavy atom. The minimum atomic E-state index is -0.172. The molecule has 0 unspecified atom stereocenters. The molecule has 0 spiro atoms. The first-order valence-corrected chi connectivity index (χ1v) is 8.61. The van der Waals surface area contributed by atoms with Gasteiger partial charge in [0.05, 0.1) is 11.4 Å². The Hall–Kier alpha value is -1.05. The Morgan fingerprint density at radius 3 is 2.62 bits per heavy atom. The smallest absolute Gasteiger partial charge is 0.251 e. The van der Waals surface area contributed by atoms with E-state index in [9.17, 15) is 10.0 Å². The summed E-state index contributed by atoms with van der Waals surface area (Å²) in [5, 5.41) is 14.8. The summed E-state index contributed by atoms with van der Waals surface area (Å²) in [6.07, 6.45) is 1.41. The largest absolute Gasteiger partial charge is 0.618 e. The average Bonchev–Trinajstić information content (AvgIpc) is 2.42. The molecule has 4 nitrogen and oxygen atoms in total. The molecular weight excluding hydrogens is 420 g/mol. The summed E-state index contributed by atoms with van der Waals surface area (Å²) in [6, 6.07) is 8.95. The number of hydrogen-bond donors (Lipinski definition) is 1. The van der Waals surface area contributed by atoms with Crippen molar-refractivity contribution in [1.82, 2.24) is 0 Å². The Kier molecular flexibility index (Phi) is 5.66. The number of thioether (sulfide) groups is 1. The van der Waals surface area contributed by atoms with Gasteiger partial charge in [-0.25, -0.2) is 0 Å². The molecule has 0 aliphatic rings. The van der Waals surface area contributed by atoms with Crippen LogP contribution in [-0.4, -0.2) is 11.7 Å². The van der Waals surface area contributed by atoms with Crippen molar-refractivity contribution in [2.45, 2.75) is 11.9 Å². The summed E-state index contributed by atoms with van der Waals surface area (Å²) < 4.78 is 2.37. The number of pyridine rings is 1. The topological polar surface area (TPSA) is 56.0 Å². The van der Waals surface area contributed by atoms with Crippen molar-refractivity contribution in [3.63, 3.8) is 0 Å². The van der Waals surface area contributed by atoms with E-state index in [2.05, 4.69) is 37.2 Å². The van der Waals surface area contributed by atoms with Crippen molar-refractivity contribution in [2.24, 2.45) is 0 Å². The maximum Gasteiger partial charge on any atom is 0.251 e. The molecule has 0 saturated carbocycles. The van der Waals surface area contributed by atoms with Crippen LogP contribution in [0.1, 0.15) is 5.56 Å². The standard InChI is InChI=1S/C14H12Br2N2O2S/c1-9-6-10(15)14(11(16)7-9)17-12(19)8-21-13-4-2-3-5-18(13)20/h2-7H,8H2,1H3,(H,17,19). The number of hydrogen-bond acceptors (Lipinski definition) is 3. The number of aryl methyl sites for hydroxylation is 1. The molecule has 2 rings (SSSR count). The Morgan fingerprint density at radius 2 is 2.00 bits per heavy atom. The van der Waals surface area contributed by atoms with E-state index in [1.54, 1.807) is 18.2 Å². The van der Waals surface area contributed by atoms with E-state index < -0.39 is 0 Å². The molecule has 0 aliphatic heterocycles. The number of benzene rings is 1. The number of aromatic nitrogens is 1. The predicted octanol–water partition coefficient (Wildman–Crippen LogP) is 3.88. The number of nitrogens with zero attached hydrogens (tertiary/aromatic N) is 1. The minimum absolute atomic E-state index is 0.166. The Balaban J connectivity index is 2.01. The van der Waals surface area contributed by atoms with E-state index in [0.29, 0.717) is 10.7 Å². The van der Waals surface area contributed by atoms with Crippen LogP contribution in [0.4, 0.5) is 5.69 Å². The summed E-state index contributed by atoms with van der Waals surface area (Å²) in [4.78, 5) is 12.0. The lowest BCUT2D eigenvalue weighted by Gasteiger charge is -2.10. The van der Waals surface area contributed by atoms with Gasteiger partial charge in [-0.2, -0.15) is 4.73 Å². The number of rotatable bonds is 4. The zero-order chi connectivity index (χ0) is 15.4. The third-order valence-corrected chi connectivity index (χ3v) is 4.86. The lowest BCUT2D eigenvalue weighted by molar-refractivity contribution is -0.645. The highest BCUT2D eigenvalue weighted by atomic mass is 79.9. The predicted molar refractivity (Wildman–Crippen MR) is 91.3 cm³/mol. The van der Waals surface area contributed by atoms with E-state index in [1.807, 2.05) is 19.1 Å². The molecule has 110 valence electrons. The lowest BCUT2D eigenvalue weighted by atomic mass is 10.2. The monoisotopic (exact) mass is 430 g/mol. The fourth-order valence-corrected chi connectivity index (χ4v) is 3.99. The van der Waals surface area contributed by atoms with Crippen molar-refractivity contribution in [3.05, 3.63) is 56.2 Å². The van der Waals surface area contributed by atoms with Gasteiger partial charge in [0.15, 0.2) is 6.20 Å². The van der Waals surface area contributed by atoms with Crippen LogP contribution in [0.15, 0.2) is 50.5 Å². The lowest BCUT2D eigenvalue weighted by Crippen LogP contribution is -2.28. The summed E-state index contributed by atoms with van der Waals surface area (Å²) in [5.74, 6) is -0.00644. The second-order valence-corrected chi connectivity index (χ2v) is 7.01. The molecule has 0 bridgehead atoms. The fraction of sp³-hybridized carbons (Fsp3) is 0.143. The Labute approximate surface area is 143 Å². The average molecular weight is 432 g/mol. The van der Waals surface area contributed by atoms with Crippen LogP contribution in [0.25, 0.3) is 0 Å². The first-order chi connectivity index (χ1) is 9.97. The molecule has 0 radical (unpaired) electrons. The van der Waals surface area contributed by atoms with Crippen molar-refractivity contribution in [3.8, 4) is 0 Å². The van der Waals surface area contributed by atoms with Gasteiger partial charge in [0.25, 0.3) is 5.03 Å². The number of anilines is 1. The normalized spacial score (nSPS) is 10.4. The van der Waals surface area contributed by atoms with E-state index in [4.69, 9.17) is 0 Å². The van der Waals surface area contributed by atoms with Crippen LogP contribution in [0, 0.1) is 12.1 Å². The van der Waals surface area contributed by atoms with Crippen molar-refractivity contribution >= 4 is 55.2 Å². The number of amides is 1. The van der Waals surface area contributed by atoms with Crippen molar-refractivity contribution in [1.29, 1.82) is 0 Å². The molecular formula is C14H12Br2N2O2S. The molecule has 2 aromatic rings. The summed E-state index contributed by atoms with van der Waals surface area (Å²) >= 11 is 8.05. The zero-order valence-corrected chi connectivity index (χ0v) is 15.1. The third kappa shape index (κ3) is 4.46. The molecule has 0 saturated heterocycles. The zero-order valence-electron chi connectivity index (χ0n) is 11.1. The maximum absolute atomic E-state index is 12.0. The summed E-state index contributed by atoms with van der Waals surface area (Å²) in [5.41, 5.74) is 1.77. The van der Waals surface area contributed by atoms with Crippen LogP contribution in [0.3, 0.4) is 0 Å². The van der Waals surface area contributed by atoms with E-state index in [0.717, 1.165) is 19.2 Å². The van der Waals surface area contributed by atoms with Gasteiger partial charge in [-0.1, -0.05) is 0 Å². The first-order valence-electron chi connectivity index (χ1n) is 6.04. The third-order valence-electron chi connectivity index (χ3n) is 2.59. The summed E-state index contributed by atoms with van der Waals surface area (Å²) in [7, 11) is 0. The van der Waals surface area contributed by atoms with Crippen molar-refractivity contribution < 1.29 is 9.52 Å². The number of nitrogens with one attached hydrogen (secondary N) is 1. The molecule has 7 heteroatoms. The molecule has 0 fully saturated rings. The molecule has 1 aromatic carbocycles. The number of halogens is 2. The molecule has 1 aromatic heterocycles. The van der Waals surface area contributed by atoms with Crippen LogP contribution in [-0.2, 0) is 4.79 Å². The number of carbonyl (C=O) groups is 1. The highest BCUT2D eigenvalue weighted by Crippen LogP contribution is 2.32. The molecule has 0 atom stereocenters. The van der Waals surface area contributed by atoms with Gasteiger partial charge in [-0.15, -0.1) is 0 Å². The molecule has 0 aliphatic carbocycles. The second-order valence-electron chi connectivity index (χ2n) is 4.31. The second kappa shape index (κ2) is 7.29. The SMILES string of the molecule is Cc1cc(Br)c(NC(=O)CSc2cccc[n+]2[O-])c(Br)c1. The number of carbonyl (C=O) groups excluding carboxylic acids is 1. The van der Waals surface area contributed by atoms with Crippen LogP contribution in [0.5, 0.6) is 0 Å². The van der Waals surface area contributed by atoms with Gasteiger partial charge in [0, 0.05) is 21.1 Å². The quantitative estimate of drug-likeness (QED) is 0.454. The van der Waals surface area contributed by atoms with E-state index in [1.165, 1.54) is 18.0 Å². The fourth-order valence-electron chi connectivity index (χ4n) is 1.66. The molecule has 1 heterocycles. The van der Waals surface area contributed by atoms with Crippen LogP contribution < -0.4 is 10.0 Å². The van der Waals surface area contributed by atoms with Gasteiger partial charge in [0.1, 0.15) is 0 Å². The first kappa shape index (κ1) is 16.3. The highest BCUT2D eigenvalue weighted by molar-refractivity contribution is 9.11. The van der Waals surface area contributed by atoms with Gasteiger partial charge in [-0.05, 0) is 74.3 Å². The van der Waals surface area contributed by atoms with Gasteiger partial charge < -0.3 is 10.5 Å². The van der Waals surface area contributed by atoms with Gasteiger partial charge in [0.2, 0.25) is 5.91 Å².